The summed E-state index contributed by atoms with van der Waals surface area (Å²) < 4.78 is 16.9. The van der Waals surface area contributed by atoms with Crippen molar-refractivity contribution in [2.45, 2.75) is 6.61 Å². The average molecular weight is 456 g/mol. The van der Waals surface area contributed by atoms with Crippen molar-refractivity contribution in [3.05, 3.63) is 101 Å². The Morgan fingerprint density at radius 3 is 2.36 bits per heavy atom. The van der Waals surface area contributed by atoms with Crippen molar-refractivity contribution in [2.75, 3.05) is 14.2 Å². The number of hydrogen-bond acceptors (Lipinski definition) is 4. The molecule has 33 heavy (non-hydrogen) atoms. The first kappa shape index (κ1) is 22.3. The molecule has 0 aromatic heterocycles. The Morgan fingerprint density at radius 2 is 1.61 bits per heavy atom. The standard InChI is InChI=1S/C28H22ClNO3/c1-31-27-14-12-20(16-28(27)32-2)22(17-30)15-24-23-9-5-3-7-19(23)11-13-26(24)33-18-21-8-4-6-10-25(21)29/h3-16H,18H2,1-2H3/b22-15+. The van der Waals surface area contributed by atoms with Gasteiger partial charge < -0.3 is 14.2 Å². The van der Waals surface area contributed by atoms with E-state index in [0.29, 0.717) is 34.5 Å². The summed E-state index contributed by atoms with van der Waals surface area (Å²) in [6, 6.07) is 27.3. The summed E-state index contributed by atoms with van der Waals surface area (Å²) in [4.78, 5) is 0. The third-order valence-electron chi connectivity index (χ3n) is 5.38. The van der Waals surface area contributed by atoms with Gasteiger partial charge >= 0.3 is 0 Å². The Morgan fingerprint density at radius 1 is 0.879 bits per heavy atom. The van der Waals surface area contributed by atoms with Crippen LogP contribution in [0.5, 0.6) is 17.2 Å². The van der Waals surface area contributed by atoms with Gasteiger partial charge in [0.15, 0.2) is 11.5 Å². The molecule has 0 bridgehead atoms. The highest BCUT2D eigenvalue weighted by Crippen LogP contribution is 2.35. The van der Waals surface area contributed by atoms with Crippen LogP contribution in [0.4, 0.5) is 0 Å². The number of nitriles is 1. The molecule has 0 N–H and O–H groups in total. The van der Waals surface area contributed by atoms with Crippen molar-refractivity contribution in [3.63, 3.8) is 0 Å². The zero-order valence-corrected chi connectivity index (χ0v) is 19.1. The van der Waals surface area contributed by atoms with Crippen LogP contribution in [0.3, 0.4) is 0 Å². The van der Waals surface area contributed by atoms with Gasteiger partial charge in [0.1, 0.15) is 12.4 Å². The van der Waals surface area contributed by atoms with Gasteiger partial charge in [-0.3, -0.25) is 0 Å². The van der Waals surface area contributed by atoms with E-state index in [0.717, 1.165) is 27.5 Å². The fraction of sp³-hybridized carbons (Fsp3) is 0.107. The molecule has 0 aliphatic carbocycles. The maximum absolute atomic E-state index is 9.99. The van der Waals surface area contributed by atoms with Crippen LogP contribution >= 0.6 is 11.6 Å². The van der Waals surface area contributed by atoms with E-state index in [2.05, 4.69) is 6.07 Å². The molecule has 0 unspecified atom stereocenters. The first-order valence-corrected chi connectivity index (χ1v) is 10.7. The molecule has 0 radical (unpaired) electrons. The van der Waals surface area contributed by atoms with Crippen molar-refractivity contribution < 1.29 is 14.2 Å². The smallest absolute Gasteiger partial charge is 0.161 e. The third kappa shape index (κ3) is 4.79. The maximum atomic E-state index is 9.99. The number of allylic oxidation sites excluding steroid dienone is 1. The van der Waals surface area contributed by atoms with Gasteiger partial charge in [0.25, 0.3) is 0 Å². The molecule has 4 nitrogen and oxygen atoms in total. The monoisotopic (exact) mass is 455 g/mol. The van der Waals surface area contributed by atoms with Crippen LogP contribution in [0.25, 0.3) is 22.4 Å². The Balaban J connectivity index is 1.81. The molecule has 0 heterocycles. The SMILES string of the molecule is COc1ccc(/C(C#N)=C/c2c(OCc3ccccc3Cl)ccc3ccccc23)cc1OC. The van der Waals surface area contributed by atoms with Gasteiger partial charge in [-0.1, -0.05) is 60.1 Å². The molecule has 0 saturated carbocycles. The molecule has 4 aromatic carbocycles. The molecule has 0 aliphatic rings. The van der Waals surface area contributed by atoms with Gasteiger partial charge in [0.05, 0.1) is 25.9 Å². The Hall–Kier alpha value is -3.94. The van der Waals surface area contributed by atoms with Crippen molar-refractivity contribution in [1.82, 2.24) is 0 Å². The van der Waals surface area contributed by atoms with Gasteiger partial charge in [-0.15, -0.1) is 0 Å². The maximum Gasteiger partial charge on any atom is 0.161 e. The van der Waals surface area contributed by atoms with E-state index in [1.54, 1.807) is 26.4 Å². The second-order valence-electron chi connectivity index (χ2n) is 7.32. The molecular formula is C28H22ClNO3. The number of rotatable bonds is 7. The lowest BCUT2D eigenvalue weighted by Gasteiger charge is -2.14. The molecule has 0 amide bonds. The summed E-state index contributed by atoms with van der Waals surface area (Å²) in [5, 5.41) is 12.7. The van der Waals surface area contributed by atoms with E-state index in [1.165, 1.54) is 0 Å². The summed E-state index contributed by atoms with van der Waals surface area (Å²) in [6.07, 6.45) is 1.85. The van der Waals surface area contributed by atoms with E-state index in [-0.39, 0.29) is 0 Å². The van der Waals surface area contributed by atoms with E-state index < -0.39 is 0 Å². The van der Waals surface area contributed by atoms with Crippen LogP contribution in [0.15, 0.2) is 78.9 Å². The molecule has 0 fully saturated rings. The summed E-state index contributed by atoms with van der Waals surface area (Å²) >= 11 is 6.31. The minimum Gasteiger partial charge on any atom is -0.493 e. The zero-order valence-electron chi connectivity index (χ0n) is 18.3. The van der Waals surface area contributed by atoms with Crippen molar-refractivity contribution >= 4 is 34.0 Å². The van der Waals surface area contributed by atoms with Crippen LogP contribution in [-0.4, -0.2) is 14.2 Å². The highest BCUT2D eigenvalue weighted by molar-refractivity contribution is 6.31. The number of ether oxygens (including phenoxy) is 3. The first-order valence-electron chi connectivity index (χ1n) is 10.4. The molecule has 4 aromatic rings. The second-order valence-corrected chi connectivity index (χ2v) is 7.73. The largest absolute Gasteiger partial charge is 0.493 e. The molecule has 0 aliphatic heterocycles. The van der Waals surface area contributed by atoms with Crippen LogP contribution in [0, 0.1) is 11.3 Å². The zero-order chi connectivity index (χ0) is 23.2. The lowest BCUT2D eigenvalue weighted by Crippen LogP contribution is -1.98. The average Bonchev–Trinajstić information content (AvgIpc) is 2.86. The third-order valence-corrected chi connectivity index (χ3v) is 5.74. The van der Waals surface area contributed by atoms with Gasteiger partial charge in [-0.25, -0.2) is 0 Å². The van der Waals surface area contributed by atoms with E-state index >= 15 is 0 Å². The number of fused-ring (bicyclic) bond motifs is 1. The second kappa shape index (κ2) is 10.1. The Kier molecular flexibility index (Phi) is 6.83. The minimum absolute atomic E-state index is 0.317. The van der Waals surface area contributed by atoms with Gasteiger partial charge in [-0.05, 0) is 52.7 Å². The summed E-state index contributed by atoms with van der Waals surface area (Å²) in [5.74, 6) is 1.83. The van der Waals surface area contributed by atoms with Crippen molar-refractivity contribution in [1.29, 1.82) is 5.26 Å². The van der Waals surface area contributed by atoms with E-state index in [4.69, 9.17) is 25.8 Å². The van der Waals surface area contributed by atoms with E-state index in [1.807, 2.05) is 72.8 Å². The molecule has 0 spiro atoms. The molecule has 0 saturated heterocycles. The number of hydrogen-bond donors (Lipinski definition) is 0. The topological polar surface area (TPSA) is 51.5 Å². The molecular weight excluding hydrogens is 434 g/mol. The highest BCUT2D eigenvalue weighted by Gasteiger charge is 2.13. The lowest BCUT2D eigenvalue weighted by atomic mass is 9.98. The van der Waals surface area contributed by atoms with Gasteiger partial charge in [-0.2, -0.15) is 5.26 Å². The molecule has 164 valence electrons. The Bertz CT molecular complexity index is 1370. The predicted octanol–water partition coefficient (Wildman–Crippen LogP) is 7.15. The summed E-state index contributed by atoms with van der Waals surface area (Å²) in [7, 11) is 3.15. The number of benzene rings is 4. The predicted molar refractivity (Wildman–Crippen MR) is 133 cm³/mol. The Labute approximate surface area is 198 Å². The van der Waals surface area contributed by atoms with Gasteiger partial charge in [0, 0.05) is 16.1 Å². The fourth-order valence-electron chi connectivity index (χ4n) is 3.65. The minimum atomic E-state index is 0.317. The summed E-state index contributed by atoms with van der Waals surface area (Å²) in [5.41, 5.74) is 2.92. The number of nitrogens with zero attached hydrogens (tertiary/aromatic N) is 1. The van der Waals surface area contributed by atoms with Gasteiger partial charge in [0.2, 0.25) is 0 Å². The quantitative estimate of drug-likeness (QED) is 0.219. The highest BCUT2D eigenvalue weighted by atomic mass is 35.5. The van der Waals surface area contributed by atoms with E-state index in [9.17, 15) is 5.26 Å². The van der Waals surface area contributed by atoms with Crippen LogP contribution < -0.4 is 14.2 Å². The summed E-state index contributed by atoms with van der Waals surface area (Å²) in [6.45, 7) is 0.317. The van der Waals surface area contributed by atoms with Crippen molar-refractivity contribution in [2.24, 2.45) is 0 Å². The first-order chi connectivity index (χ1) is 16.1. The number of halogens is 1. The van der Waals surface area contributed by atoms with Crippen LogP contribution in [0.1, 0.15) is 16.7 Å². The lowest BCUT2D eigenvalue weighted by molar-refractivity contribution is 0.306. The fourth-order valence-corrected chi connectivity index (χ4v) is 3.84. The number of methoxy groups -OCH3 is 2. The normalized spacial score (nSPS) is 11.2. The van der Waals surface area contributed by atoms with Crippen LogP contribution in [0.2, 0.25) is 5.02 Å². The molecule has 0 atom stereocenters. The molecule has 5 heteroatoms. The van der Waals surface area contributed by atoms with Crippen molar-refractivity contribution in [3.8, 4) is 23.3 Å². The molecule has 4 rings (SSSR count). The van der Waals surface area contributed by atoms with Crippen LogP contribution in [-0.2, 0) is 6.61 Å².